The average molecular weight is 405 g/mol. The number of allylic oxidation sites excluding steroid dienone is 1. The Labute approximate surface area is 177 Å². The van der Waals surface area contributed by atoms with Gasteiger partial charge in [-0.2, -0.15) is 0 Å². The summed E-state index contributed by atoms with van der Waals surface area (Å²) >= 11 is 0. The van der Waals surface area contributed by atoms with E-state index in [4.69, 9.17) is 0 Å². The molecule has 0 aromatic heterocycles. The van der Waals surface area contributed by atoms with Gasteiger partial charge in [-0.25, -0.2) is 0 Å². The molecule has 0 aliphatic carbocycles. The zero-order valence-corrected chi connectivity index (χ0v) is 19.2. The molecule has 0 saturated heterocycles. The molecule has 0 heterocycles. The lowest BCUT2D eigenvalue weighted by Crippen LogP contribution is -2.28. The van der Waals surface area contributed by atoms with Crippen LogP contribution in [-0.2, 0) is 14.4 Å². The third-order valence-corrected chi connectivity index (χ3v) is 5.09. The number of hydrogen-bond donors (Lipinski definition) is 0. The molecule has 5 heteroatoms. The number of amides is 2. The van der Waals surface area contributed by atoms with Crippen LogP contribution in [0.3, 0.4) is 0 Å². The molecular formula is C24H40N2O3. The molecule has 0 N–H and O–H groups in total. The van der Waals surface area contributed by atoms with Crippen molar-refractivity contribution in [2.75, 3.05) is 27.2 Å². The van der Waals surface area contributed by atoms with Crippen LogP contribution in [0.4, 0.5) is 0 Å². The van der Waals surface area contributed by atoms with Crippen LogP contribution in [0.1, 0.15) is 65.7 Å². The van der Waals surface area contributed by atoms with Crippen LogP contribution in [0.5, 0.6) is 0 Å². The molecule has 1 atom stereocenters. The third-order valence-electron chi connectivity index (χ3n) is 5.09. The van der Waals surface area contributed by atoms with E-state index in [1.54, 1.807) is 44.7 Å². The Morgan fingerprint density at radius 2 is 1.14 bits per heavy atom. The van der Waals surface area contributed by atoms with Gasteiger partial charge in [0.25, 0.3) is 0 Å². The molecule has 0 saturated carbocycles. The predicted octanol–water partition coefficient (Wildman–Crippen LogP) is 4.55. The summed E-state index contributed by atoms with van der Waals surface area (Å²) in [4.78, 5) is 39.2. The standard InChI is InChI=1S/C24H40N2O3/c1-18(2)22(27)17-21(14-12-16-26(8)24(29)20(5)6)13-10-9-11-15-25(7)23(28)19(3)4/h21H,1,3,5,9-17H2,2,4,6-8H3. The molecule has 0 spiro atoms. The van der Waals surface area contributed by atoms with E-state index in [0.29, 0.717) is 35.6 Å². The van der Waals surface area contributed by atoms with Crippen molar-refractivity contribution in [2.45, 2.75) is 65.7 Å². The monoisotopic (exact) mass is 404 g/mol. The smallest absolute Gasteiger partial charge is 0.248 e. The highest BCUT2D eigenvalue weighted by molar-refractivity contribution is 5.94. The molecule has 2 amide bonds. The first-order valence-corrected chi connectivity index (χ1v) is 10.5. The van der Waals surface area contributed by atoms with E-state index < -0.39 is 0 Å². The normalized spacial score (nSPS) is 11.5. The summed E-state index contributed by atoms with van der Waals surface area (Å²) in [7, 11) is 3.59. The molecule has 0 fully saturated rings. The summed E-state index contributed by atoms with van der Waals surface area (Å²) < 4.78 is 0. The maximum Gasteiger partial charge on any atom is 0.248 e. The van der Waals surface area contributed by atoms with E-state index in [-0.39, 0.29) is 17.6 Å². The number of rotatable bonds is 15. The fraction of sp³-hybridized carbons (Fsp3) is 0.625. The quantitative estimate of drug-likeness (QED) is 0.297. The van der Waals surface area contributed by atoms with Crippen molar-refractivity contribution in [1.82, 2.24) is 9.80 Å². The minimum atomic E-state index is -0.0343. The summed E-state index contributed by atoms with van der Waals surface area (Å²) in [6.07, 6.45) is 6.22. The largest absolute Gasteiger partial charge is 0.342 e. The Balaban J connectivity index is 4.44. The fourth-order valence-electron chi connectivity index (χ4n) is 3.22. The zero-order valence-electron chi connectivity index (χ0n) is 19.2. The second-order valence-corrected chi connectivity index (χ2v) is 8.28. The first-order valence-electron chi connectivity index (χ1n) is 10.5. The summed E-state index contributed by atoms with van der Waals surface area (Å²) in [5.41, 5.74) is 1.70. The molecule has 164 valence electrons. The Bertz CT molecular complexity index is 622. The minimum absolute atomic E-state index is 0.0108. The van der Waals surface area contributed by atoms with E-state index in [2.05, 4.69) is 19.7 Å². The Morgan fingerprint density at radius 1 is 0.690 bits per heavy atom. The van der Waals surface area contributed by atoms with Crippen molar-refractivity contribution >= 4 is 17.6 Å². The van der Waals surface area contributed by atoms with Crippen molar-refractivity contribution in [3.63, 3.8) is 0 Å². The third kappa shape index (κ3) is 11.4. The SMILES string of the molecule is C=C(C)C(=O)CC(CCCCCN(C)C(=O)C(=C)C)CCCN(C)C(=O)C(=C)C. The van der Waals surface area contributed by atoms with E-state index >= 15 is 0 Å². The maximum absolute atomic E-state index is 12.1. The van der Waals surface area contributed by atoms with Gasteiger partial charge in [-0.05, 0) is 51.5 Å². The number of carbonyl (C=O) groups excluding carboxylic acids is 3. The van der Waals surface area contributed by atoms with E-state index in [9.17, 15) is 14.4 Å². The van der Waals surface area contributed by atoms with Crippen molar-refractivity contribution in [1.29, 1.82) is 0 Å². The van der Waals surface area contributed by atoms with Gasteiger partial charge in [-0.3, -0.25) is 14.4 Å². The highest BCUT2D eigenvalue weighted by Gasteiger charge is 2.16. The number of carbonyl (C=O) groups is 3. The predicted molar refractivity (Wildman–Crippen MR) is 121 cm³/mol. The topological polar surface area (TPSA) is 57.7 Å². The Morgan fingerprint density at radius 3 is 1.59 bits per heavy atom. The lowest BCUT2D eigenvalue weighted by Gasteiger charge is -2.21. The van der Waals surface area contributed by atoms with Crippen molar-refractivity contribution in [3.8, 4) is 0 Å². The van der Waals surface area contributed by atoms with E-state index in [1.165, 1.54) is 0 Å². The van der Waals surface area contributed by atoms with E-state index in [0.717, 1.165) is 45.1 Å². The van der Waals surface area contributed by atoms with Crippen LogP contribution in [0.2, 0.25) is 0 Å². The maximum atomic E-state index is 12.1. The molecule has 0 rings (SSSR count). The van der Waals surface area contributed by atoms with Gasteiger partial charge in [0.1, 0.15) is 0 Å². The van der Waals surface area contributed by atoms with Gasteiger partial charge in [-0.1, -0.05) is 39.0 Å². The first-order chi connectivity index (χ1) is 13.5. The molecule has 0 aliphatic rings. The summed E-state index contributed by atoms with van der Waals surface area (Å²) in [6, 6.07) is 0. The Kier molecular flexibility index (Phi) is 12.9. The number of likely N-dealkylation sites (N-methyl/N-ethyl adjacent to an activating group) is 2. The van der Waals surface area contributed by atoms with Gasteiger partial charge in [0, 0.05) is 44.8 Å². The van der Waals surface area contributed by atoms with Gasteiger partial charge in [0.2, 0.25) is 11.8 Å². The fourth-order valence-corrected chi connectivity index (χ4v) is 3.22. The van der Waals surface area contributed by atoms with Gasteiger partial charge in [0.15, 0.2) is 5.78 Å². The molecular weight excluding hydrogens is 364 g/mol. The number of ketones is 1. The average Bonchev–Trinajstić information content (AvgIpc) is 2.65. The highest BCUT2D eigenvalue weighted by atomic mass is 16.2. The van der Waals surface area contributed by atoms with Crippen LogP contribution < -0.4 is 0 Å². The summed E-state index contributed by atoms with van der Waals surface area (Å²) in [5, 5.41) is 0. The van der Waals surface area contributed by atoms with Gasteiger partial charge in [0.05, 0.1) is 0 Å². The molecule has 0 aliphatic heterocycles. The number of Topliss-reactive ketones (excluding diaryl/α,β-unsaturated/α-hetero) is 1. The number of unbranched alkanes of at least 4 members (excludes halogenated alkanes) is 2. The van der Waals surface area contributed by atoms with Gasteiger partial charge in [-0.15, -0.1) is 0 Å². The second kappa shape index (κ2) is 13.9. The van der Waals surface area contributed by atoms with Crippen molar-refractivity contribution in [3.05, 3.63) is 36.5 Å². The van der Waals surface area contributed by atoms with Crippen molar-refractivity contribution < 1.29 is 14.4 Å². The summed E-state index contributed by atoms with van der Waals surface area (Å²) in [6.45, 7) is 17.7. The lowest BCUT2D eigenvalue weighted by molar-refractivity contribution is -0.126. The molecule has 1 unspecified atom stereocenters. The zero-order chi connectivity index (χ0) is 22.6. The van der Waals surface area contributed by atoms with Crippen LogP contribution in [0.25, 0.3) is 0 Å². The van der Waals surface area contributed by atoms with Crippen LogP contribution in [-0.4, -0.2) is 54.6 Å². The number of nitrogens with zero attached hydrogens (tertiary/aromatic N) is 2. The van der Waals surface area contributed by atoms with Crippen LogP contribution >= 0.6 is 0 Å². The lowest BCUT2D eigenvalue weighted by atomic mass is 9.90. The molecule has 0 aromatic rings. The molecule has 5 nitrogen and oxygen atoms in total. The molecule has 0 aromatic carbocycles. The highest BCUT2D eigenvalue weighted by Crippen LogP contribution is 2.22. The van der Waals surface area contributed by atoms with Gasteiger partial charge >= 0.3 is 0 Å². The van der Waals surface area contributed by atoms with E-state index in [1.807, 2.05) is 0 Å². The number of hydrogen-bond acceptors (Lipinski definition) is 3. The Hall–Kier alpha value is -2.17. The minimum Gasteiger partial charge on any atom is -0.342 e. The van der Waals surface area contributed by atoms with Crippen LogP contribution in [0, 0.1) is 5.92 Å². The van der Waals surface area contributed by atoms with Crippen LogP contribution in [0.15, 0.2) is 36.5 Å². The molecule has 29 heavy (non-hydrogen) atoms. The molecule has 0 radical (unpaired) electrons. The van der Waals surface area contributed by atoms with Crippen molar-refractivity contribution in [2.24, 2.45) is 5.92 Å². The van der Waals surface area contributed by atoms with Gasteiger partial charge < -0.3 is 9.80 Å². The first kappa shape index (κ1) is 26.8. The molecule has 0 bridgehead atoms. The summed E-state index contributed by atoms with van der Waals surface area (Å²) in [5.74, 6) is 0.367. The second-order valence-electron chi connectivity index (χ2n) is 8.28.